The predicted octanol–water partition coefficient (Wildman–Crippen LogP) is 2.13. The Balaban J connectivity index is 2.08. The van der Waals surface area contributed by atoms with E-state index in [9.17, 15) is 9.59 Å². The summed E-state index contributed by atoms with van der Waals surface area (Å²) in [6, 6.07) is 4.20. The first-order chi connectivity index (χ1) is 12.9. The Kier molecular flexibility index (Phi) is 6.81. The maximum Gasteiger partial charge on any atom is 0.252 e. The van der Waals surface area contributed by atoms with E-state index in [1.54, 1.807) is 25.1 Å². The molecule has 1 aromatic heterocycles. The summed E-state index contributed by atoms with van der Waals surface area (Å²) in [4.78, 5) is 24.1. The summed E-state index contributed by atoms with van der Waals surface area (Å²) in [6.07, 6.45) is 0. The monoisotopic (exact) mass is 375 g/mol. The number of methoxy groups -OCH3 is 1. The minimum absolute atomic E-state index is 0.239. The number of ether oxygens (including phenoxy) is 2. The van der Waals surface area contributed by atoms with Crippen LogP contribution < -0.4 is 20.1 Å². The van der Waals surface area contributed by atoms with Gasteiger partial charge in [-0.3, -0.25) is 9.59 Å². The van der Waals surface area contributed by atoms with Gasteiger partial charge in [0.1, 0.15) is 18.4 Å². The molecule has 8 heteroatoms. The second-order valence-corrected chi connectivity index (χ2v) is 6.05. The van der Waals surface area contributed by atoms with Crippen molar-refractivity contribution in [1.29, 1.82) is 0 Å². The van der Waals surface area contributed by atoms with Crippen molar-refractivity contribution in [3.8, 4) is 11.5 Å². The summed E-state index contributed by atoms with van der Waals surface area (Å²) in [5, 5.41) is 9.21. The average Bonchev–Trinajstić information content (AvgIpc) is 2.97. The molecule has 27 heavy (non-hydrogen) atoms. The van der Waals surface area contributed by atoms with Gasteiger partial charge >= 0.3 is 0 Å². The van der Waals surface area contributed by atoms with Crippen molar-refractivity contribution in [2.75, 3.05) is 13.7 Å². The van der Waals surface area contributed by atoms with Gasteiger partial charge in [-0.05, 0) is 45.9 Å². The Morgan fingerprint density at radius 2 is 2.00 bits per heavy atom. The molecule has 1 aromatic carbocycles. The third kappa shape index (κ3) is 4.99. The number of hydrogen-bond acceptors (Lipinski definition) is 6. The lowest BCUT2D eigenvalue weighted by molar-refractivity contribution is -0.122. The molecule has 1 atom stereocenters. The first kappa shape index (κ1) is 20.3. The summed E-state index contributed by atoms with van der Waals surface area (Å²) in [7, 11) is 1.50. The Bertz CT molecular complexity index is 796. The molecular weight excluding hydrogens is 350 g/mol. The van der Waals surface area contributed by atoms with Crippen molar-refractivity contribution in [3.63, 3.8) is 0 Å². The molecule has 1 heterocycles. The maximum atomic E-state index is 12.4. The van der Waals surface area contributed by atoms with Crippen molar-refractivity contribution < 1.29 is 23.6 Å². The van der Waals surface area contributed by atoms with Crippen molar-refractivity contribution in [2.24, 2.45) is 0 Å². The minimum Gasteiger partial charge on any atom is -0.493 e. The number of nitrogens with one attached hydrogen (secondary N) is 2. The zero-order chi connectivity index (χ0) is 20.0. The fraction of sp³-hybridized carbons (Fsp3) is 0.421. The molecule has 0 spiro atoms. The van der Waals surface area contributed by atoms with E-state index in [0.29, 0.717) is 29.4 Å². The average molecular weight is 375 g/mol. The summed E-state index contributed by atoms with van der Waals surface area (Å²) in [6.45, 7) is 7.89. The summed E-state index contributed by atoms with van der Waals surface area (Å²) >= 11 is 0. The highest BCUT2D eigenvalue weighted by molar-refractivity contribution is 5.97. The number of nitrogens with zero attached hydrogens (tertiary/aromatic N) is 1. The quantitative estimate of drug-likeness (QED) is 0.733. The van der Waals surface area contributed by atoms with E-state index in [1.807, 2.05) is 20.8 Å². The van der Waals surface area contributed by atoms with Crippen LogP contribution in [-0.4, -0.2) is 36.7 Å². The van der Waals surface area contributed by atoms with Crippen LogP contribution in [0.2, 0.25) is 0 Å². The van der Waals surface area contributed by atoms with Gasteiger partial charge in [0.25, 0.3) is 5.91 Å². The van der Waals surface area contributed by atoms with E-state index >= 15 is 0 Å². The van der Waals surface area contributed by atoms with E-state index in [0.717, 1.165) is 11.3 Å². The number of aryl methyl sites for hydroxylation is 2. The molecule has 2 aromatic rings. The first-order valence-electron chi connectivity index (χ1n) is 8.68. The van der Waals surface area contributed by atoms with Crippen LogP contribution in [0.3, 0.4) is 0 Å². The molecule has 0 radical (unpaired) electrons. The Hall–Kier alpha value is -3.03. The van der Waals surface area contributed by atoms with Gasteiger partial charge in [-0.15, -0.1) is 0 Å². The molecular formula is C19H25N3O5. The highest BCUT2D eigenvalue weighted by Crippen LogP contribution is 2.29. The zero-order valence-corrected chi connectivity index (χ0v) is 16.2. The summed E-state index contributed by atoms with van der Waals surface area (Å²) < 4.78 is 16.3. The van der Waals surface area contributed by atoms with Crippen LogP contribution in [0.4, 0.5) is 0 Å². The molecule has 8 nitrogen and oxygen atoms in total. The fourth-order valence-electron chi connectivity index (χ4n) is 2.46. The van der Waals surface area contributed by atoms with Crippen LogP contribution in [-0.2, 0) is 11.4 Å². The number of hydrogen-bond donors (Lipinski definition) is 2. The maximum absolute atomic E-state index is 12.4. The first-order valence-corrected chi connectivity index (χ1v) is 8.68. The van der Waals surface area contributed by atoms with Crippen LogP contribution in [0.1, 0.15) is 41.2 Å². The standard InChI is InChI=1S/C19H25N3O5/c1-6-20-18(23)12(3)21-19(24)14-7-8-16(17(9-14)25-5)26-10-15-11(2)22-27-13(15)4/h7-9,12H,6,10H2,1-5H3,(H,20,23)(H,21,24)/t12-/m0/s1. The highest BCUT2D eigenvalue weighted by atomic mass is 16.5. The predicted molar refractivity (Wildman–Crippen MR) is 98.9 cm³/mol. The van der Waals surface area contributed by atoms with E-state index in [2.05, 4.69) is 15.8 Å². The molecule has 0 unspecified atom stereocenters. The van der Waals surface area contributed by atoms with E-state index in [-0.39, 0.29) is 18.4 Å². The Morgan fingerprint density at radius 1 is 1.26 bits per heavy atom. The van der Waals surface area contributed by atoms with Crippen molar-refractivity contribution in [2.45, 2.75) is 40.3 Å². The van der Waals surface area contributed by atoms with Gasteiger partial charge in [-0.25, -0.2) is 0 Å². The lowest BCUT2D eigenvalue weighted by Gasteiger charge is -2.15. The van der Waals surface area contributed by atoms with Crippen molar-refractivity contribution in [1.82, 2.24) is 15.8 Å². The van der Waals surface area contributed by atoms with Crippen LogP contribution in [0, 0.1) is 13.8 Å². The molecule has 0 aliphatic rings. The Labute approximate surface area is 158 Å². The fourth-order valence-corrected chi connectivity index (χ4v) is 2.46. The number of rotatable bonds is 8. The number of benzene rings is 1. The smallest absolute Gasteiger partial charge is 0.252 e. The number of aromatic nitrogens is 1. The zero-order valence-electron chi connectivity index (χ0n) is 16.2. The number of carbonyl (C=O) groups excluding carboxylic acids is 2. The van der Waals surface area contributed by atoms with Crippen LogP contribution in [0.15, 0.2) is 22.7 Å². The van der Waals surface area contributed by atoms with Crippen LogP contribution in [0.25, 0.3) is 0 Å². The van der Waals surface area contributed by atoms with Crippen LogP contribution >= 0.6 is 0 Å². The summed E-state index contributed by atoms with van der Waals surface area (Å²) in [5.74, 6) is 0.995. The normalized spacial score (nSPS) is 11.6. The second kappa shape index (κ2) is 9.07. The molecule has 0 saturated heterocycles. The SMILES string of the molecule is CCNC(=O)[C@H](C)NC(=O)c1ccc(OCc2c(C)noc2C)c(OC)c1. The molecule has 0 aliphatic heterocycles. The van der Waals surface area contributed by atoms with Gasteiger partial charge in [0.05, 0.1) is 18.4 Å². The lowest BCUT2D eigenvalue weighted by Crippen LogP contribution is -2.44. The van der Waals surface area contributed by atoms with Crippen LogP contribution in [0.5, 0.6) is 11.5 Å². The van der Waals surface area contributed by atoms with E-state index < -0.39 is 6.04 Å². The molecule has 2 rings (SSSR count). The van der Waals surface area contributed by atoms with Crippen molar-refractivity contribution in [3.05, 3.63) is 40.8 Å². The summed E-state index contributed by atoms with van der Waals surface area (Å²) in [5.41, 5.74) is 2.00. The second-order valence-electron chi connectivity index (χ2n) is 6.05. The Morgan fingerprint density at radius 3 is 2.59 bits per heavy atom. The topological polar surface area (TPSA) is 103 Å². The molecule has 0 saturated carbocycles. The van der Waals surface area contributed by atoms with Gasteiger partial charge in [0.2, 0.25) is 5.91 Å². The lowest BCUT2D eigenvalue weighted by atomic mass is 10.1. The third-order valence-electron chi connectivity index (χ3n) is 4.07. The molecule has 2 N–H and O–H groups in total. The highest BCUT2D eigenvalue weighted by Gasteiger charge is 2.18. The van der Waals surface area contributed by atoms with Crippen molar-refractivity contribution >= 4 is 11.8 Å². The molecule has 146 valence electrons. The van der Waals surface area contributed by atoms with Gasteiger partial charge in [0.15, 0.2) is 11.5 Å². The molecule has 0 bridgehead atoms. The van der Waals surface area contributed by atoms with E-state index in [1.165, 1.54) is 7.11 Å². The molecule has 2 amide bonds. The number of likely N-dealkylation sites (N-methyl/N-ethyl adjacent to an activating group) is 1. The molecule has 0 aliphatic carbocycles. The van der Waals surface area contributed by atoms with Gasteiger partial charge in [-0.1, -0.05) is 5.16 Å². The third-order valence-corrected chi connectivity index (χ3v) is 4.07. The van der Waals surface area contributed by atoms with E-state index in [4.69, 9.17) is 14.0 Å². The largest absolute Gasteiger partial charge is 0.493 e. The minimum atomic E-state index is -0.640. The van der Waals surface area contributed by atoms with Gasteiger partial charge in [-0.2, -0.15) is 0 Å². The number of carbonyl (C=O) groups is 2. The van der Waals surface area contributed by atoms with Gasteiger partial charge < -0.3 is 24.6 Å². The van der Waals surface area contributed by atoms with Gasteiger partial charge in [0, 0.05) is 12.1 Å². The number of amides is 2. The molecule has 0 fully saturated rings.